The van der Waals surface area contributed by atoms with Gasteiger partial charge in [0.2, 0.25) is 0 Å². The van der Waals surface area contributed by atoms with Gasteiger partial charge in [-0.3, -0.25) is 29.6 Å². The van der Waals surface area contributed by atoms with Crippen LogP contribution in [0, 0.1) is 10.1 Å². The van der Waals surface area contributed by atoms with Crippen molar-refractivity contribution in [1.82, 2.24) is 4.98 Å². The number of nitro groups is 1. The number of carbonyl (C=O) groups excluding carboxylic acids is 2. The molecule has 0 bridgehead atoms. The van der Waals surface area contributed by atoms with E-state index in [4.69, 9.17) is 4.74 Å². The van der Waals surface area contributed by atoms with E-state index in [-0.39, 0.29) is 24.5 Å². The fourth-order valence-corrected chi connectivity index (χ4v) is 2.00. The van der Waals surface area contributed by atoms with Crippen LogP contribution in [0.3, 0.4) is 0 Å². The van der Waals surface area contributed by atoms with E-state index in [1.165, 1.54) is 41.4 Å². The second kappa shape index (κ2) is 7.82. The number of amides is 1. The highest BCUT2D eigenvalue weighted by Gasteiger charge is 2.22. The van der Waals surface area contributed by atoms with Gasteiger partial charge in [0.25, 0.3) is 11.6 Å². The molecule has 1 aromatic carbocycles. The number of nitro benzene ring substituents is 1. The lowest BCUT2D eigenvalue weighted by atomic mass is 10.2. The molecule has 0 atom stereocenters. The van der Waals surface area contributed by atoms with Crippen molar-refractivity contribution in [3.8, 4) is 0 Å². The number of ether oxygens (including phenoxy) is 1. The lowest BCUT2D eigenvalue weighted by Gasteiger charge is -2.21. The molecule has 0 saturated carbocycles. The Morgan fingerprint density at radius 2 is 1.92 bits per heavy atom. The Kier molecular flexibility index (Phi) is 5.56. The number of benzene rings is 1. The largest absolute Gasteiger partial charge is 0.465 e. The van der Waals surface area contributed by atoms with Gasteiger partial charge in [-0.05, 0) is 31.2 Å². The molecule has 0 N–H and O–H groups in total. The van der Waals surface area contributed by atoms with Crippen molar-refractivity contribution in [2.24, 2.45) is 0 Å². The minimum Gasteiger partial charge on any atom is -0.465 e. The minimum atomic E-state index is -0.583. The number of pyridine rings is 1. The first-order chi connectivity index (χ1) is 11.5. The zero-order valence-corrected chi connectivity index (χ0v) is 12.9. The summed E-state index contributed by atoms with van der Waals surface area (Å²) in [5.41, 5.74) is 0.379. The van der Waals surface area contributed by atoms with Gasteiger partial charge in [0.1, 0.15) is 12.2 Å². The number of esters is 1. The minimum absolute atomic E-state index is 0.111. The van der Waals surface area contributed by atoms with Gasteiger partial charge in [0, 0.05) is 24.0 Å². The molecule has 8 heteroatoms. The van der Waals surface area contributed by atoms with Gasteiger partial charge in [-0.25, -0.2) is 0 Å². The summed E-state index contributed by atoms with van der Waals surface area (Å²) >= 11 is 0. The number of hydrogen-bond donors (Lipinski definition) is 0. The maximum absolute atomic E-state index is 12.6. The Balaban J connectivity index is 2.33. The van der Waals surface area contributed by atoms with E-state index in [1.807, 2.05) is 0 Å². The number of hydrogen-bond acceptors (Lipinski definition) is 6. The molecule has 0 saturated heterocycles. The van der Waals surface area contributed by atoms with Crippen molar-refractivity contribution >= 4 is 23.3 Å². The second-order valence-electron chi connectivity index (χ2n) is 4.68. The summed E-state index contributed by atoms with van der Waals surface area (Å²) in [5, 5.41) is 10.7. The van der Waals surface area contributed by atoms with Crippen LogP contribution in [0.1, 0.15) is 17.4 Å². The summed E-state index contributed by atoms with van der Waals surface area (Å²) < 4.78 is 4.88. The molecule has 124 valence electrons. The predicted octanol–water partition coefficient (Wildman–Crippen LogP) is 2.20. The lowest BCUT2D eigenvalue weighted by Crippen LogP contribution is -2.37. The summed E-state index contributed by atoms with van der Waals surface area (Å²) in [5.74, 6) is -1.09. The molecule has 24 heavy (non-hydrogen) atoms. The van der Waals surface area contributed by atoms with Gasteiger partial charge in [-0.2, -0.15) is 0 Å². The van der Waals surface area contributed by atoms with Crippen molar-refractivity contribution in [3.63, 3.8) is 0 Å². The second-order valence-corrected chi connectivity index (χ2v) is 4.68. The number of rotatable bonds is 6. The van der Waals surface area contributed by atoms with Crippen LogP contribution in [-0.4, -0.2) is 34.9 Å². The number of nitrogens with zero attached hydrogens (tertiary/aromatic N) is 3. The fourth-order valence-electron chi connectivity index (χ4n) is 2.00. The van der Waals surface area contributed by atoms with E-state index in [9.17, 15) is 19.7 Å². The van der Waals surface area contributed by atoms with Crippen LogP contribution in [0.2, 0.25) is 0 Å². The number of anilines is 1. The third-order valence-corrected chi connectivity index (χ3v) is 3.09. The van der Waals surface area contributed by atoms with Crippen LogP contribution in [0.15, 0.2) is 48.7 Å². The summed E-state index contributed by atoms with van der Waals surface area (Å²) in [4.78, 5) is 39.8. The van der Waals surface area contributed by atoms with Crippen LogP contribution in [-0.2, 0) is 9.53 Å². The first-order valence-corrected chi connectivity index (χ1v) is 7.16. The molecule has 2 rings (SSSR count). The maximum Gasteiger partial charge on any atom is 0.326 e. The zero-order valence-electron chi connectivity index (χ0n) is 12.9. The highest BCUT2D eigenvalue weighted by molar-refractivity contribution is 6.07. The molecule has 1 amide bonds. The van der Waals surface area contributed by atoms with Crippen molar-refractivity contribution in [3.05, 3.63) is 64.5 Å². The Hall–Kier alpha value is -3.29. The lowest BCUT2D eigenvalue weighted by molar-refractivity contribution is -0.384. The highest BCUT2D eigenvalue weighted by Crippen LogP contribution is 2.21. The summed E-state index contributed by atoms with van der Waals surface area (Å²) in [6.07, 6.45) is 1.46. The van der Waals surface area contributed by atoms with Crippen molar-refractivity contribution in [2.75, 3.05) is 18.1 Å². The molecule has 0 aliphatic heterocycles. The van der Waals surface area contributed by atoms with E-state index in [1.54, 1.807) is 19.1 Å². The van der Waals surface area contributed by atoms with E-state index in [2.05, 4.69) is 4.98 Å². The standard InChI is InChI=1S/C16H15N3O5/c1-2-24-15(20)11-18(16(21)14-5-3-4-10-17-14)12-6-8-13(9-7-12)19(22)23/h3-10H,2,11H2,1H3. The van der Waals surface area contributed by atoms with Crippen LogP contribution in [0.5, 0.6) is 0 Å². The Bertz CT molecular complexity index is 731. The molecule has 0 unspecified atom stereocenters. The molecular weight excluding hydrogens is 314 g/mol. The monoisotopic (exact) mass is 329 g/mol. The Morgan fingerprint density at radius 1 is 1.21 bits per heavy atom. The Morgan fingerprint density at radius 3 is 2.46 bits per heavy atom. The maximum atomic E-state index is 12.6. The zero-order chi connectivity index (χ0) is 17.5. The van der Waals surface area contributed by atoms with E-state index < -0.39 is 16.8 Å². The molecule has 0 aliphatic carbocycles. The number of non-ortho nitro benzene ring substituents is 1. The summed E-state index contributed by atoms with van der Waals surface area (Å²) in [7, 11) is 0. The molecule has 0 spiro atoms. The summed E-state index contributed by atoms with van der Waals surface area (Å²) in [6.45, 7) is 1.53. The topological polar surface area (TPSA) is 103 Å². The smallest absolute Gasteiger partial charge is 0.326 e. The predicted molar refractivity (Wildman–Crippen MR) is 85.6 cm³/mol. The molecule has 1 heterocycles. The molecule has 2 aromatic rings. The van der Waals surface area contributed by atoms with Gasteiger partial charge in [-0.15, -0.1) is 0 Å². The van der Waals surface area contributed by atoms with E-state index in [0.29, 0.717) is 5.69 Å². The van der Waals surface area contributed by atoms with Crippen LogP contribution < -0.4 is 4.90 Å². The van der Waals surface area contributed by atoms with E-state index in [0.717, 1.165) is 0 Å². The number of carbonyl (C=O) groups is 2. The molecule has 8 nitrogen and oxygen atoms in total. The third kappa shape index (κ3) is 4.13. The molecular formula is C16H15N3O5. The first kappa shape index (κ1) is 17.1. The molecule has 0 aliphatic rings. The molecule has 1 aromatic heterocycles. The molecule has 0 radical (unpaired) electrons. The quantitative estimate of drug-likeness (QED) is 0.457. The fraction of sp³-hybridized carbons (Fsp3) is 0.188. The van der Waals surface area contributed by atoms with Gasteiger partial charge in [-0.1, -0.05) is 6.07 Å². The van der Waals surface area contributed by atoms with Gasteiger partial charge < -0.3 is 4.74 Å². The number of aromatic nitrogens is 1. The highest BCUT2D eigenvalue weighted by atomic mass is 16.6. The normalized spacial score (nSPS) is 10.0. The molecule has 0 fully saturated rings. The average Bonchev–Trinajstić information content (AvgIpc) is 2.60. The van der Waals surface area contributed by atoms with Crippen molar-refractivity contribution in [2.45, 2.75) is 6.92 Å². The van der Waals surface area contributed by atoms with Crippen molar-refractivity contribution in [1.29, 1.82) is 0 Å². The van der Waals surface area contributed by atoms with Crippen molar-refractivity contribution < 1.29 is 19.2 Å². The third-order valence-electron chi connectivity index (χ3n) is 3.09. The van der Waals surface area contributed by atoms with Crippen LogP contribution >= 0.6 is 0 Å². The first-order valence-electron chi connectivity index (χ1n) is 7.16. The average molecular weight is 329 g/mol. The Labute approximate surface area is 137 Å². The SMILES string of the molecule is CCOC(=O)CN(C(=O)c1ccccn1)c1ccc([N+](=O)[O-])cc1. The van der Waals surface area contributed by atoms with Gasteiger partial charge in [0.15, 0.2) is 0 Å². The van der Waals surface area contributed by atoms with Crippen LogP contribution in [0.25, 0.3) is 0 Å². The van der Waals surface area contributed by atoms with E-state index >= 15 is 0 Å². The summed E-state index contributed by atoms with van der Waals surface area (Å²) in [6, 6.07) is 10.2. The van der Waals surface area contributed by atoms with Gasteiger partial charge >= 0.3 is 5.97 Å². The van der Waals surface area contributed by atoms with Gasteiger partial charge in [0.05, 0.1) is 11.5 Å². The van der Waals surface area contributed by atoms with Crippen LogP contribution in [0.4, 0.5) is 11.4 Å².